The molecule has 0 aromatic carbocycles. The van der Waals surface area contributed by atoms with Crippen LogP contribution < -0.4 is 0 Å². The standard InChI is InChI=1S/C17H21N3OS/c1-10-13-11(2)18-15(12-6-7-12)19-16(13)22-14(10)17(21)20-8-4-3-5-9-20/h12H,3-9H2,1-2H3. The summed E-state index contributed by atoms with van der Waals surface area (Å²) >= 11 is 1.56. The molecule has 0 atom stereocenters. The average Bonchev–Trinajstić information content (AvgIpc) is 3.32. The normalized spacial score (nSPS) is 18.9. The highest BCUT2D eigenvalue weighted by Crippen LogP contribution is 2.40. The molecular formula is C17H21N3OS. The van der Waals surface area contributed by atoms with Crippen molar-refractivity contribution in [1.82, 2.24) is 14.9 Å². The smallest absolute Gasteiger partial charge is 0.264 e. The summed E-state index contributed by atoms with van der Waals surface area (Å²) in [6.45, 7) is 5.88. The Balaban J connectivity index is 1.76. The van der Waals surface area contributed by atoms with Crippen molar-refractivity contribution >= 4 is 27.5 Å². The number of carbonyl (C=O) groups is 1. The molecule has 4 rings (SSSR count). The summed E-state index contributed by atoms with van der Waals surface area (Å²) in [7, 11) is 0. The topological polar surface area (TPSA) is 46.1 Å². The fourth-order valence-corrected chi connectivity index (χ4v) is 4.54. The van der Waals surface area contributed by atoms with E-state index in [2.05, 4.69) is 4.98 Å². The van der Waals surface area contributed by atoms with Crippen LogP contribution in [0.3, 0.4) is 0 Å². The van der Waals surface area contributed by atoms with Crippen LogP contribution in [0.4, 0.5) is 0 Å². The maximum Gasteiger partial charge on any atom is 0.264 e. The first-order valence-electron chi connectivity index (χ1n) is 8.22. The number of hydrogen-bond acceptors (Lipinski definition) is 4. The van der Waals surface area contributed by atoms with E-state index in [1.54, 1.807) is 11.3 Å². The van der Waals surface area contributed by atoms with E-state index >= 15 is 0 Å². The van der Waals surface area contributed by atoms with Gasteiger partial charge in [0.1, 0.15) is 10.7 Å². The van der Waals surface area contributed by atoms with Crippen LogP contribution in [0.25, 0.3) is 10.2 Å². The van der Waals surface area contributed by atoms with Gasteiger partial charge in [-0.25, -0.2) is 9.97 Å². The van der Waals surface area contributed by atoms with E-state index in [0.717, 1.165) is 58.1 Å². The van der Waals surface area contributed by atoms with Crippen molar-refractivity contribution in [3.05, 3.63) is 22.0 Å². The molecule has 116 valence electrons. The number of fused-ring (bicyclic) bond motifs is 1. The number of aryl methyl sites for hydroxylation is 2. The highest BCUT2D eigenvalue weighted by molar-refractivity contribution is 7.20. The molecule has 1 aliphatic heterocycles. The van der Waals surface area contributed by atoms with Crippen molar-refractivity contribution in [2.24, 2.45) is 0 Å². The van der Waals surface area contributed by atoms with Crippen molar-refractivity contribution in [3.8, 4) is 0 Å². The second kappa shape index (κ2) is 5.30. The van der Waals surface area contributed by atoms with E-state index in [4.69, 9.17) is 4.98 Å². The molecule has 2 aliphatic rings. The number of nitrogens with zero attached hydrogens (tertiary/aromatic N) is 3. The van der Waals surface area contributed by atoms with E-state index in [1.807, 2.05) is 18.7 Å². The fraction of sp³-hybridized carbons (Fsp3) is 0.588. The van der Waals surface area contributed by atoms with Crippen LogP contribution in [0.15, 0.2) is 0 Å². The maximum atomic E-state index is 12.8. The van der Waals surface area contributed by atoms with Gasteiger partial charge in [-0.3, -0.25) is 4.79 Å². The lowest BCUT2D eigenvalue weighted by Crippen LogP contribution is -2.35. The lowest BCUT2D eigenvalue weighted by molar-refractivity contribution is 0.0728. The number of amides is 1. The van der Waals surface area contributed by atoms with E-state index in [-0.39, 0.29) is 5.91 Å². The molecule has 2 aromatic heterocycles. The molecule has 3 heterocycles. The van der Waals surface area contributed by atoms with Gasteiger partial charge in [-0.05, 0) is 51.5 Å². The Hall–Kier alpha value is -1.49. The third-order valence-electron chi connectivity index (χ3n) is 4.77. The molecular weight excluding hydrogens is 294 g/mol. The van der Waals surface area contributed by atoms with Crippen molar-refractivity contribution in [1.29, 1.82) is 0 Å². The minimum Gasteiger partial charge on any atom is -0.338 e. The predicted molar refractivity (Wildman–Crippen MR) is 88.6 cm³/mol. The van der Waals surface area contributed by atoms with Gasteiger partial charge in [0, 0.05) is 24.4 Å². The third kappa shape index (κ3) is 2.32. The van der Waals surface area contributed by atoms with Crippen molar-refractivity contribution in [2.75, 3.05) is 13.1 Å². The first kappa shape index (κ1) is 14.1. The highest BCUT2D eigenvalue weighted by atomic mass is 32.1. The first-order valence-corrected chi connectivity index (χ1v) is 9.03. The van der Waals surface area contributed by atoms with E-state index in [1.165, 1.54) is 19.3 Å². The number of rotatable bonds is 2. The number of aromatic nitrogens is 2. The van der Waals surface area contributed by atoms with Gasteiger partial charge in [-0.15, -0.1) is 11.3 Å². The molecule has 5 heteroatoms. The Labute approximate surface area is 134 Å². The van der Waals surface area contributed by atoms with Gasteiger partial charge in [0.25, 0.3) is 5.91 Å². The van der Waals surface area contributed by atoms with Crippen LogP contribution in [0.2, 0.25) is 0 Å². The van der Waals surface area contributed by atoms with Crippen molar-refractivity contribution < 1.29 is 4.79 Å². The van der Waals surface area contributed by atoms with Crippen LogP contribution in [0, 0.1) is 13.8 Å². The zero-order chi connectivity index (χ0) is 15.3. The quantitative estimate of drug-likeness (QED) is 0.846. The second-order valence-electron chi connectivity index (χ2n) is 6.53. The Bertz CT molecular complexity index is 742. The zero-order valence-electron chi connectivity index (χ0n) is 13.2. The SMILES string of the molecule is Cc1nc(C2CC2)nc2sc(C(=O)N3CCCCC3)c(C)c12. The summed E-state index contributed by atoms with van der Waals surface area (Å²) in [4.78, 5) is 26.1. The minimum absolute atomic E-state index is 0.188. The van der Waals surface area contributed by atoms with Crippen LogP contribution in [0.5, 0.6) is 0 Å². The molecule has 22 heavy (non-hydrogen) atoms. The van der Waals surface area contributed by atoms with Crippen LogP contribution in [-0.4, -0.2) is 33.9 Å². The van der Waals surface area contributed by atoms with Crippen molar-refractivity contribution in [2.45, 2.75) is 51.9 Å². The molecule has 0 radical (unpaired) electrons. The number of carbonyl (C=O) groups excluding carboxylic acids is 1. The maximum absolute atomic E-state index is 12.8. The van der Waals surface area contributed by atoms with Gasteiger partial charge in [-0.2, -0.15) is 0 Å². The Morgan fingerprint density at radius 3 is 2.55 bits per heavy atom. The van der Waals surface area contributed by atoms with E-state index in [0.29, 0.717) is 5.92 Å². The Morgan fingerprint density at radius 2 is 1.86 bits per heavy atom. The number of hydrogen-bond donors (Lipinski definition) is 0. The summed E-state index contributed by atoms with van der Waals surface area (Å²) in [6, 6.07) is 0. The fourth-order valence-electron chi connectivity index (χ4n) is 3.33. The molecule has 2 fully saturated rings. The number of thiophene rings is 1. The molecule has 4 nitrogen and oxygen atoms in total. The van der Waals surface area contributed by atoms with E-state index < -0.39 is 0 Å². The van der Waals surface area contributed by atoms with Crippen LogP contribution in [0.1, 0.15) is 64.8 Å². The van der Waals surface area contributed by atoms with Gasteiger partial charge in [-0.1, -0.05) is 0 Å². The van der Waals surface area contributed by atoms with Gasteiger partial charge in [0.2, 0.25) is 0 Å². The largest absolute Gasteiger partial charge is 0.338 e. The first-order chi connectivity index (χ1) is 10.6. The molecule has 1 saturated heterocycles. The summed E-state index contributed by atoms with van der Waals surface area (Å²) in [5.74, 6) is 1.71. The van der Waals surface area contributed by atoms with Gasteiger partial charge >= 0.3 is 0 Å². The second-order valence-corrected chi connectivity index (χ2v) is 7.53. The molecule has 2 aromatic rings. The summed E-state index contributed by atoms with van der Waals surface area (Å²) < 4.78 is 0. The van der Waals surface area contributed by atoms with Crippen molar-refractivity contribution in [3.63, 3.8) is 0 Å². The minimum atomic E-state index is 0.188. The molecule has 0 bridgehead atoms. The van der Waals surface area contributed by atoms with E-state index in [9.17, 15) is 4.79 Å². The monoisotopic (exact) mass is 315 g/mol. The van der Waals surface area contributed by atoms with Crippen LogP contribution >= 0.6 is 11.3 Å². The molecule has 0 spiro atoms. The molecule has 0 unspecified atom stereocenters. The predicted octanol–water partition coefficient (Wildman–Crippen LogP) is 3.81. The lowest BCUT2D eigenvalue weighted by atomic mass is 10.1. The number of piperidine rings is 1. The summed E-state index contributed by atoms with van der Waals surface area (Å²) in [5.41, 5.74) is 2.09. The van der Waals surface area contributed by atoms with Gasteiger partial charge in [0.05, 0.1) is 10.6 Å². The molecule has 1 amide bonds. The summed E-state index contributed by atoms with van der Waals surface area (Å²) in [5, 5.41) is 1.09. The molecule has 0 N–H and O–H groups in total. The van der Waals surface area contributed by atoms with Gasteiger partial charge in [0.15, 0.2) is 0 Å². The third-order valence-corrected chi connectivity index (χ3v) is 5.94. The number of likely N-dealkylation sites (tertiary alicyclic amines) is 1. The molecule has 1 aliphatic carbocycles. The Kier molecular flexibility index (Phi) is 3.40. The average molecular weight is 315 g/mol. The van der Waals surface area contributed by atoms with Gasteiger partial charge < -0.3 is 4.90 Å². The summed E-state index contributed by atoms with van der Waals surface area (Å²) in [6.07, 6.45) is 5.90. The lowest BCUT2D eigenvalue weighted by Gasteiger charge is -2.26. The zero-order valence-corrected chi connectivity index (χ0v) is 14.0. The highest BCUT2D eigenvalue weighted by Gasteiger charge is 2.29. The van der Waals surface area contributed by atoms with Crippen LogP contribution in [-0.2, 0) is 0 Å². The Morgan fingerprint density at radius 1 is 1.14 bits per heavy atom. The molecule has 1 saturated carbocycles.